The van der Waals surface area contributed by atoms with E-state index in [4.69, 9.17) is 9.31 Å². The van der Waals surface area contributed by atoms with Gasteiger partial charge in [-0.25, -0.2) is 0 Å². The SMILES string of the molecule is Cn1nnc(-c2cccc(B3OC(C)(C)C(C)(C)O3)c2)n1. The first kappa shape index (κ1) is 14.2. The zero-order chi connectivity index (χ0) is 15.3. The summed E-state index contributed by atoms with van der Waals surface area (Å²) in [5.41, 5.74) is 1.16. The fourth-order valence-corrected chi connectivity index (χ4v) is 2.20. The van der Waals surface area contributed by atoms with E-state index in [1.54, 1.807) is 7.05 Å². The second kappa shape index (κ2) is 4.64. The van der Waals surface area contributed by atoms with Crippen molar-refractivity contribution in [3.63, 3.8) is 0 Å². The van der Waals surface area contributed by atoms with E-state index in [2.05, 4.69) is 15.4 Å². The lowest BCUT2D eigenvalue weighted by Crippen LogP contribution is -2.41. The summed E-state index contributed by atoms with van der Waals surface area (Å²) in [4.78, 5) is 1.44. The van der Waals surface area contributed by atoms with E-state index >= 15 is 0 Å². The third kappa shape index (κ3) is 2.47. The van der Waals surface area contributed by atoms with Gasteiger partial charge in [-0.1, -0.05) is 24.3 Å². The van der Waals surface area contributed by atoms with Crippen LogP contribution in [0.3, 0.4) is 0 Å². The summed E-state index contributed by atoms with van der Waals surface area (Å²) in [6, 6.07) is 7.87. The summed E-state index contributed by atoms with van der Waals surface area (Å²) in [5, 5.41) is 12.1. The molecule has 0 spiro atoms. The molecule has 21 heavy (non-hydrogen) atoms. The topological polar surface area (TPSA) is 62.1 Å². The van der Waals surface area contributed by atoms with Crippen LogP contribution in [0.4, 0.5) is 0 Å². The van der Waals surface area contributed by atoms with Gasteiger partial charge in [-0.3, -0.25) is 0 Å². The first-order valence-corrected chi connectivity index (χ1v) is 6.98. The average Bonchev–Trinajstić information content (AvgIpc) is 2.92. The van der Waals surface area contributed by atoms with Crippen LogP contribution in [0.5, 0.6) is 0 Å². The molecule has 0 amide bonds. The third-order valence-electron chi connectivity index (χ3n) is 4.18. The maximum atomic E-state index is 6.06. The Hall–Kier alpha value is -1.73. The van der Waals surface area contributed by atoms with Crippen LogP contribution in [-0.4, -0.2) is 38.5 Å². The highest BCUT2D eigenvalue weighted by Crippen LogP contribution is 2.36. The molecule has 6 nitrogen and oxygen atoms in total. The van der Waals surface area contributed by atoms with E-state index in [9.17, 15) is 0 Å². The van der Waals surface area contributed by atoms with Gasteiger partial charge >= 0.3 is 7.12 Å². The molecule has 1 aliphatic rings. The molecule has 3 rings (SSSR count). The predicted molar refractivity (Wildman–Crippen MR) is 80.0 cm³/mol. The van der Waals surface area contributed by atoms with Gasteiger partial charge in [-0.05, 0) is 38.4 Å². The molecule has 2 aromatic rings. The van der Waals surface area contributed by atoms with Gasteiger partial charge in [-0.2, -0.15) is 4.80 Å². The van der Waals surface area contributed by atoms with Crippen molar-refractivity contribution >= 4 is 12.6 Å². The summed E-state index contributed by atoms with van der Waals surface area (Å²) in [6.07, 6.45) is 0. The number of aromatic nitrogens is 4. The Bertz CT molecular complexity index is 652. The fraction of sp³-hybridized carbons (Fsp3) is 0.500. The van der Waals surface area contributed by atoms with Crippen molar-refractivity contribution in [1.29, 1.82) is 0 Å². The largest absolute Gasteiger partial charge is 0.494 e. The van der Waals surface area contributed by atoms with Crippen molar-refractivity contribution in [3.8, 4) is 11.4 Å². The quantitative estimate of drug-likeness (QED) is 0.776. The number of nitrogens with zero attached hydrogens (tertiary/aromatic N) is 4. The zero-order valence-electron chi connectivity index (χ0n) is 13.0. The lowest BCUT2D eigenvalue weighted by molar-refractivity contribution is 0.00578. The minimum atomic E-state index is -0.383. The molecule has 110 valence electrons. The normalized spacial score (nSPS) is 20.0. The van der Waals surface area contributed by atoms with E-state index < -0.39 is 0 Å². The van der Waals surface area contributed by atoms with Gasteiger partial charge in [0.15, 0.2) is 0 Å². The molecule has 1 saturated heterocycles. The number of benzene rings is 1. The highest BCUT2D eigenvalue weighted by Gasteiger charge is 2.51. The molecule has 0 bridgehead atoms. The van der Waals surface area contributed by atoms with Crippen molar-refractivity contribution in [2.75, 3.05) is 0 Å². The van der Waals surface area contributed by atoms with Crippen molar-refractivity contribution in [1.82, 2.24) is 20.2 Å². The van der Waals surface area contributed by atoms with Crippen molar-refractivity contribution < 1.29 is 9.31 Å². The molecule has 0 atom stereocenters. The minimum absolute atomic E-state index is 0.349. The van der Waals surface area contributed by atoms with Crippen molar-refractivity contribution in [3.05, 3.63) is 24.3 Å². The van der Waals surface area contributed by atoms with Gasteiger partial charge in [0.2, 0.25) is 5.82 Å². The highest BCUT2D eigenvalue weighted by atomic mass is 16.7. The smallest absolute Gasteiger partial charge is 0.399 e. The molecule has 1 aromatic heterocycles. The summed E-state index contributed by atoms with van der Waals surface area (Å²) >= 11 is 0. The molecular formula is C14H19BN4O2. The summed E-state index contributed by atoms with van der Waals surface area (Å²) in [7, 11) is 1.36. The first-order valence-electron chi connectivity index (χ1n) is 6.98. The number of aryl methyl sites for hydroxylation is 1. The monoisotopic (exact) mass is 286 g/mol. The number of rotatable bonds is 2. The van der Waals surface area contributed by atoms with Gasteiger partial charge in [0.25, 0.3) is 0 Å². The van der Waals surface area contributed by atoms with Crippen LogP contribution in [0.25, 0.3) is 11.4 Å². The Morgan fingerprint density at radius 3 is 2.33 bits per heavy atom. The van der Waals surface area contributed by atoms with E-state index in [-0.39, 0.29) is 18.3 Å². The predicted octanol–water partition coefficient (Wildman–Crippen LogP) is 1.18. The summed E-state index contributed by atoms with van der Waals surface area (Å²) in [5.74, 6) is 0.593. The van der Waals surface area contributed by atoms with Gasteiger partial charge < -0.3 is 9.31 Å². The second-order valence-corrected chi connectivity index (χ2v) is 6.32. The van der Waals surface area contributed by atoms with Crippen LogP contribution < -0.4 is 5.46 Å². The zero-order valence-corrected chi connectivity index (χ0v) is 13.0. The Balaban J connectivity index is 1.91. The number of hydrogen-bond donors (Lipinski definition) is 0. The first-order chi connectivity index (χ1) is 9.78. The maximum Gasteiger partial charge on any atom is 0.494 e. The molecule has 7 heteroatoms. The number of hydrogen-bond acceptors (Lipinski definition) is 5. The van der Waals surface area contributed by atoms with Crippen molar-refractivity contribution in [2.45, 2.75) is 38.9 Å². The van der Waals surface area contributed by atoms with Gasteiger partial charge in [-0.15, -0.1) is 10.2 Å². The van der Waals surface area contributed by atoms with Gasteiger partial charge in [0, 0.05) is 5.56 Å². The Labute approximate surface area is 124 Å². The molecule has 2 heterocycles. The second-order valence-electron chi connectivity index (χ2n) is 6.32. The van der Waals surface area contributed by atoms with Gasteiger partial charge in [0.05, 0.1) is 18.2 Å². The molecule has 0 radical (unpaired) electrons. The molecule has 0 unspecified atom stereocenters. The van der Waals surface area contributed by atoms with Crippen LogP contribution in [0.1, 0.15) is 27.7 Å². The fourth-order valence-electron chi connectivity index (χ4n) is 2.20. The third-order valence-corrected chi connectivity index (χ3v) is 4.18. The van der Waals surface area contributed by atoms with Gasteiger partial charge in [0.1, 0.15) is 0 Å². The van der Waals surface area contributed by atoms with Crippen LogP contribution >= 0.6 is 0 Å². The van der Waals surface area contributed by atoms with E-state index in [0.29, 0.717) is 5.82 Å². The molecule has 0 saturated carbocycles. The lowest BCUT2D eigenvalue weighted by Gasteiger charge is -2.32. The average molecular weight is 286 g/mol. The Morgan fingerprint density at radius 1 is 1.10 bits per heavy atom. The van der Waals surface area contributed by atoms with Crippen LogP contribution in [0.15, 0.2) is 24.3 Å². The van der Waals surface area contributed by atoms with E-state index in [1.165, 1.54) is 4.80 Å². The standard InChI is InChI=1S/C14H19BN4O2/c1-13(2)14(3,4)21-15(20-13)11-8-6-7-10(9-11)12-16-18-19(5)17-12/h6-9H,1-5H3. The molecule has 0 aliphatic carbocycles. The van der Waals surface area contributed by atoms with E-state index in [1.807, 2.05) is 52.0 Å². The Kier molecular flexibility index (Phi) is 3.14. The molecule has 1 aliphatic heterocycles. The molecule has 0 N–H and O–H groups in total. The minimum Gasteiger partial charge on any atom is -0.399 e. The summed E-state index contributed by atoms with van der Waals surface area (Å²) < 4.78 is 12.1. The van der Waals surface area contributed by atoms with Crippen LogP contribution in [0.2, 0.25) is 0 Å². The van der Waals surface area contributed by atoms with Crippen LogP contribution in [-0.2, 0) is 16.4 Å². The number of tetrazole rings is 1. The van der Waals surface area contributed by atoms with Crippen LogP contribution in [0, 0.1) is 0 Å². The molecule has 1 aromatic carbocycles. The molecule has 1 fully saturated rings. The lowest BCUT2D eigenvalue weighted by atomic mass is 9.78. The van der Waals surface area contributed by atoms with Crippen molar-refractivity contribution in [2.24, 2.45) is 7.05 Å². The Morgan fingerprint density at radius 2 is 1.76 bits per heavy atom. The maximum absolute atomic E-state index is 6.06. The molecular weight excluding hydrogens is 267 g/mol. The summed E-state index contributed by atoms with van der Waals surface area (Å²) in [6.45, 7) is 8.17. The highest BCUT2D eigenvalue weighted by molar-refractivity contribution is 6.62. The van der Waals surface area contributed by atoms with E-state index in [0.717, 1.165) is 11.0 Å².